The van der Waals surface area contributed by atoms with Crippen LogP contribution in [0.15, 0.2) is 42.6 Å². The van der Waals surface area contributed by atoms with Gasteiger partial charge in [-0.15, -0.1) is 0 Å². The summed E-state index contributed by atoms with van der Waals surface area (Å²) in [5.41, 5.74) is 2.20. The number of nitrogens with zero attached hydrogens (tertiary/aromatic N) is 1. The molecule has 0 bridgehead atoms. The molecular formula is C15H16N2O3. The van der Waals surface area contributed by atoms with E-state index < -0.39 is 5.97 Å². The van der Waals surface area contributed by atoms with Gasteiger partial charge in [-0.2, -0.15) is 0 Å². The molecule has 2 N–H and O–H groups in total. The highest BCUT2D eigenvalue weighted by molar-refractivity contribution is 5.88. The predicted octanol–water partition coefficient (Wildman–Crippen LogP) is 2.71. The SMILES string of the molecule is COCCc1ccccc1Nc1cc(C(=O)O)ccn1. The minimum atomic E-state index is -0.969. The summed E-state index contributed by atoms with van der Waals surface area (Å²) in [4.78, 5) is 15.1. The molecule has 5 nitrogen and oxygen atoms in total. The van der Waals surface area contributed by atoms with E-state index in [1.54, 1.807) is 7.11 Å². The van der Waals surface area contributed by atoms with Gasteiger partial charge < -0.3 is 15.2 Å². The van der Waals surface area contributed by atoms with Crippen molar-refractivity contribution in [3.8, 4) is 0 Å². The summed E-state index contributed by atoms with van der Waals surface area (Å²) in [6, 6.07) is 10.8. The van der Waals surface area contributed by atoms with Gasteiger partial charge in [-0.3, -0.25) is 0 Å². The van der Waals surface area contributed by atoms with Crippen LogP contribution in [0.5, 0.6) is 0 Å². The Morgan fingerprint density at radius 2 is 2.15 bits per heavy atom. The molecule has 0 aliphatic rings. The third-order valence-electron chi connectivity index (χ3n) is 2.86. The number of rotatable bonds is 6. The zero-order valence-electron chi connectivity index (χ0n) is 11.2. The fourth-order valence-electron chi connectivity index (χ4n) is 1.84. The Kier molecular flexibility index (Phi) is 4.68. The molecule has 0 amide bonds. The lowest BCUT2D eigenvalue weighted by molar-refractivity contribution is 0.0697. The molecule has 0 aliphatic carbocycles. The maximum absolute atomic E-state index is 10.9. The summed E-state index contributed by atoms with van der Waals surface area (Å²) in [5.74, 6) is -0.460. The molecule has 1 heterocycles. The van der Waals surface area contributed by atoms with Crippen LogP contribution in [-0.2, 0) is 11.2 Å². The number of aromatic nitrogens is 1. The standard InChI is InChI=1S/C15H16N2O3/c1-20-9-7-11-4-2-3-5-13(11)17-14-10-12(15(18)19)6-8-16-14/h2-6,8,10H,7,9H2,1H3,(H,16,17)(H,18,19). The van der Waals surface area contributed by atoms with E-state index in [4.69, 9.17) is 9.84 Å². The van der Waals surface area contributed by atoms with E-state index in [-0.39, 0.29) is 5.56 Å². The molecule has 104 valence electrons. The second-order valence-corrected chi connectivity index (χ2v) is 4.26. The van der Waals surface area contributed by atoms with Crippen molar-refractivity contribution < 1.29 is 14.6 Å². The van der Waals surface area contributed by atoms with Crippen LogP contribution in [0.1, 0.15) is 15.9 Å². The predicted molar refractivity (Wildman–Crippen MR) is 76.5 cm³/mol. The van der Waals surface area contributed by atoms with Gasteiger partial charge >= 0.3 is 5.97 Å². The third-order valence-corrected chi connectivity index (χ3v) is 2.86. The number of ether oxygens (including phenoxy) is 1. The van der Waals surface area contributed by atoms with E-state index in [1.807, 2.05) is 24.3 Å². The zero-order valence-corrected chi connectivity index (χ0v) is 11.2. The second-order valence-electron chi connectivity index (χ2n) is 4.26. The summed E-state index contributed by atoms with van der Waals surface area (Å²) in [6.45, 7) is 0.626. The monoisotopic (exact) mass is 272 g/mol. The number of carboxylic acids is 1. The Hall–Kier alpha value is -2.40. The van der Waals surface area contributed by atoms with Crippen LogP contribution >= 0.6 is 0 Å². The van der Waals surface area contributed by atoms with E-state index >= 15 is 0 Å². The number of benzene rings is 1. The Morgan fingerprint density at radius 3 is 2.90 bits per heavy atom. The van der Waals surface area contributed by atoms with Crippen molar-refractivity contribution in [2.45, 2.75) is 6.42 Å². The quantitative estimate of drug-likeness (QED) is 0.846. The maximum Gasteiger partial charge on any atom is 0.335 e. The van der Waals surface area contributed by atoms with Crippen LogP contribution < -0.4 is 5.32 Å². The van der Waals surface area contributed by atoms with Gasteiger partial charge in [-0.1, -0.05) is 18.2 Å². The van der Waals surface area contributed by atoms with Gasteiger partial charge in [-0.25, -0.2) is 9.78 Å². The smallest absolute Gasteiger partial charge is 0.335 e. The number of aromatic carboxylic acids is 1. The van der Waals surface area contributed by atoms with Crippen molar-refractivity contribution >= 4 is 17.5 Å². The molecule has 2 aromatic rings. The Balaban J connectivity index is 2.21. The van der Waals surface area contributed by atoms with E-state index in [0.717, 1.165) is 17.7 Å². The lowest BCUT2D eigenvalue weighted by Crippen LogP contribution is -2.03. The fourth-order valence-corrected chi connectivity index (χ4v) is 1.84. The number of pyridine rings is 1. The van der Waals surface area contributed by atoms with E-state index in [0.29, 0.717) is 12.4 Å². The summed E-state index contributed by atoms with van der Waals surface area (Å²) in [6.07, 6.45) is 2.25. The summed E-state index contributed by atoms with van der Waals surface area (Å²) < 4.78 is 5.08. The lowest BCUT2D eigenvalue weighted by Gasteiger charge is -2.11. The summed E-state index contributed by atoms with van der Waals surface area (Å²) in [7, 11) is 1.66. The van der Waals surface area contributed by atoms with Crippen LogP contribution in [0.25, 0.3) is 0 Å². The minimum Gasteiger partial charge on any atom is -0.478 e. The van der Waals surface area contributed by atoms with E-state index in [9.17, 15) is 4.79 Å². The van der Waals surface area contributed by atoms with Crippen molar-refractivity contribution in [3.63, 3.8) is 0 Å². The highest BCUT2D eigenvalue weighted by Crippen LogP contribution is 2.20. The van der Waals surface area contributed by atoms with Crippen LogP contribution in [0.2, 0.25) is 0 Å². The zero-order chi connectivity index (χ0) is 14.4. The molecule has 0 unspecified atom stereocenters. The summed E-state index contributed by atoms with van der Waals surface area (Å²) in [5, 5.41) is 12.1. The molecule has 1 aromatic heterocycles. The van der Waals surface area contributed by atoms with Gasteiger partial charge in [0.15, 0.2) is 0 Å². The number of nitrogens with one attached hydrogen (secondary N) is 1. The second kappa shape index (κ2) is 6.68. The van der Waals surface area contributed by atoms with Crippen LogP contribution in [-0.4, -0.2) is 29.8 Å². The molecule has 0 radical (unpaired) electrons. The molecule has 0 aliphatic heterocycles. The molecule has 0 atom stereocenters. The van der Waals surface area contributed by atoms with Crippen LogP contribution in [0, 0.1) is 0 Å². The first-order chi connectivity index (χ1) is 9.70. The van der Waals surface area contributed by atoms with Crippen molar-refractivity contribution in [2.24, 2.45) is 0 Å². The maximum atomic E-state index is 10.9. The summed E-state index contributed by atoms with van der Waals surface area (Å²) >= 11 is 0. The topological polar surface area (TPSA) is 71.5 Å². The molecule has 20 heavy (non-hydrogen) atoms. The Bertz CT molecular complexity index is 599. The molecule has 5 heteroatoms. The highest BCUT2D eigenvalue weighted by atomic mass is 16.5. The van der Waals surface area contributed by atoms with Gasteiger partial charge in [-0.05, 0) is 30.2 Å². The van der Waals surface area contributed by atoms with Gasteiger partial charge in [0, 0.05) is 19.0 Å². The van der Waals surface area contributed by atoms with Crippen molar-refractivity contribution in [2.75, 3.05) is 19.0 Å². The molecule has 1 aromatic carbocycles. The Morgan fingerprint density at radius 1 is 1.35 bits per heavy atom. The van der Waals surface area contributed by atoms with Gasteiger partial charge in [0.1, 0.15) is 5.82 Å². The minimum absolute atomic E-state index is 0.205. The largest absolute Gasteiger partial charge is 0.478 e. The average molecular weight is 272 g/mol. The normalized spacial score (nSPS) is 10.2. The first-order valence-corrected chi connectivity index (χ1v) is 6.24. The third kappa shape index (κ3) is 3.55. The fraction of sp³-hybridized carbons (Fsp3) is 0.200. The number of hydrogen-bond donors (Lipinski definition) is 2. The number of anilines is 2. The van der Waals surface area contributed by atoms with Gasteiger partial charge in [0.25, 0.3) is 0 Å². The number of carboxylic acid groups (broad SMARTS) is 1. The Labute approximate surface area is 117 Å². The van der Waals surface area contributed by atoms with Crippen LogP contribution in [0.3, 0.4) is 0 Å². The van der Waals surface area contributed by atoms with Crippen molar-refractivity contribution in [1.82, 2.24) is 4.98 Å². The number of carbonyl (C=O) groups is 1. The lowest BCUT2D eigenvalue weighted by atomic mass is 10.1. The molecule has 0 saturated heterocycles. The van der Waals surface area contributed by atoms with Crippen molar-refractivity contribution in [1.29, 1.82) is 0 Å². The molecule has 2 rings (SSSR count). The molecule has 0 fully saturated rings. The van der Waals surface area contributed by atoms with Gasteiger partial charge in [0.2, 0.25) is 0 Å². The molecule has 0 saturated carbocycles. The highest BCUT2D eigenvalue weighted by Gasteiger charge is 2.06. The van der Waals surface area contributed by atoms with Gasteiger partial charge in [0.05, 0.1) is 12.2 Å². The number of methoxy groups -OCH3 is 1. The number of para-hydroxylation sites is 1. The van der Waals surface area contributed by atoms with Crippen LogP contribution in [0.4, 0.5) is 11.5 Å². The molecular weight excluding hydrogens is 256 g/mol. The van der Waals surface area contributed by atoms with Crippen molar-refractivity contribution in [3.05, 3.63) is 53.7 Å². The first-order valence-electron chi connectivity index (χ1n) is 6.24. The molecule has 0 spiro atoms. The first kappa shape index (κ1) is 14.0. The van der Waals surface area contributed by atoms with E-state index in [1.165, 1.54) is 18.3 Å². The van der Waals surface area contributed by atoms with E-state index in [2.05, 4.69) is 10.3 Å². The number of hydrogen-bond acceptors (Lipinski definition) is 4. The average Bonchev–Trinajstić information content (AvgIpc) is 2.46.